The summed E-state index contributed by atoms with van der Waals surface area (Å²) in [6, 6.07) is 12.7. The Morgan fingerprint density at radius 3 is 2.91 bits per heavy atom. The molecule has 0 bridgehead atoms. The zero-order valence-corrected chi connectivity index (χ0v) is 17.9. The maximum absolute atomic E-state index is 5.84. The summed E-state index contributed by atoms with van der Waals surface area (Å²) in [5.74, 6) is 2.09. The summed E-state index contributed by atoms with van der Waals surface area (Å²) < 4.78 is 0. The maximum Gasteiger partial charge on any atom is 0.156 e. The highest BCUT2D eigenvalue weighted by molar-refractivity contribution is 6.11. The van der Waals surface area contributed by atoms with E-state index in [1.807, 2.05) is 24.4 Å². The van der Waals surface area contributed by atoms with Crippen LogP contribution < -0.4 is 16.8 Å². The zero-order chi connectivity index (χ0) is 21.9. The fourth-order valence-corrected chi connectivity index (χ4v) is 4.54. The number of rotatable bonds is 4. The SMILES string of the molecule is N/C=C\C(=C/N)C1CCc2ccc(C3=NCCC(Nc4ccc5[nH]ncc5c4)=N3)cc2C1. The summed E-state index contributed by atoms with van der Waals surface area (Å²) in [6.07, 6.45) is 10.8. The summed E-state index contributed by atoms with van der Waals surface area (Å²) in [7, 11) is 0. The molecule has 3 aromatic rings. The molecular weight excluding hydrogens is 398 g/mol. The number of amidine groups is 2. The normalized spacial score (nSPS) is 19.0. The minimum atomic E-state index is 0.384. The molecule has 2 heterocycles. The molecule has 0 spiro atoms. The van der Waals surface area contributed by atoms with Gasteiger partial charge in [-0.3, -0.25) is 10.1 Å². The molecule has 0 saturated heterocycles. The Balaban J connectivity index is 1.36. The molecule has 6 N–H and O–H groups in total. The lowest BCUT2D eigenvalue weighted by molar-refractivity contribution is 0.533. The number of nitrogens with zero attached hydrogens (tertiary/aromatic N) is 3. The Bertz CT molecular complexity index is 1260. The molecule has 1 atom stereocenters. The number of aromatic amines is 1. The second-order valence-electron chi connectivity index (χ2n) is 8.26. The van der Waals surface area contributed by atoms with Crippen LogP contribution >= 0.6 is 0 Å². The van der Waals surface area contributed by atoms with Gasteiger partial charge in [0.25, 0.3) is 0 Å². The quantitative estimate of drug-likeness (QED) is 0.477. The third-order valence-electron chi connectivity index (χ3n) is 6.23. The summed E-state index contributed by atoms with van der Waals surface area (Å²) in [5, 5.41) is 11.6. The van der Waals surface area contributed by atoms with Crippen molar-refractivity contribution in [1.29, 1.82) is 0 Å². The fourth-order valence-electron chi connectivity index (χ4n) is 4.54. The van der Waals surface area contributed by atoms with Gasteiger partial charge in [-0.05, 0) is 84.6 Å². The lowest BCUT2D eigenvalue weighted by atomic mass is 9.79. The second-order valence-corrected chi connectivity index (χ2v) is 8.26. The number of hydrogen-bond acceptors (Lipinski definition) is 6. The first-order valence-corrected chi connectivity index (χ1v) is 11.0. The standard InChI is InChI=1S/C25H27N7/c26-9-7-19(14-27)17-3-1-16-2-4-18(12-20(16)11-17)25-28-10-8-24(31-25)30-22-5-6-23-21(13-22)15-29-32-23/h2,4-7,9,12-15,17H,1,3,8,10-11,26-27H2,(H,29,32)(H,28,30,31)/b9-7-,19-14+. The Morgan fingerprint density at radius 2 is 2.03 bits per heavy atom. The van der Waals surface area contributed by atoms with Crippen LogP contribution in [0.15, 0.2) is 76.6 Å². The first kappa shape index (κ1) is 20.1. The van der Waals surface area contributed by atoms with Crippen LogP contribution in [0.25, 0.3) is 10.9 Å². The Hall–Kier alpha value is -3.87. The number of H-pyrrole nitrogens is 1. The van der Waals surface area contributed by atoms with Crippen LogP contribution in [0.2, 0.25) is 0 Å². The zero-order valence-electron chi connectivity index (χ0n) is 17.9. The molecule has 0 saturated carbocycles. The number of hydrogen-bond donors (Lipinski definition) is 4. The van der Waals surface area contributed by atoms with E-state index >= 15 is 0 Å². The molecule has 2 aliphatic rings. The summed E-state index contributed by atoms with van der Waals surface area (Å²) in [6.45, 7) is 0.718. The lowest BCUT2D eigenvalue weighted by Gasteiger charge is -2.26. The van der Waals surface area contributed by atoms with Crippen molar-refractivity contribution in [2.45, 2.75) is 25.7 Å². The number of allylic oxidation sites excluding steroid dienone is 2. The highest BCUT2D eigenvalue weighted by Gasteiger charge is 2.22. The molecule has 32 heavy (non-hydrogen) atoms. The summed E-state index contributed by atoms with van der Waals surface area (Å²) in [5.41, 5.74) is 18.3. The molecule has 1 aliphatic carbocycles. The topological polar surface area (TPSA) is 117 Å². The number of nitrogens with two attached hydrogens (primary N) is 2. The predicted octanol–water partition coefficient (Wildman–Crippen LogP) is 3.64. The molecule has 1 unspecified atom stereocenters. The summed E-state index contributed by atoms with van der Waals surface area (Å²) >= 11 is 0. The van der Waals surface area contributed by atoms with E-state index in [4.69, 9.17) is 21.5 Å². The minimum Gasteiger partial charge on any atom is -0.405 e. The molecule has 5 rings (SSSR count). The number of aromatic nitrogens is 2. The van der Waals surface area contributed by atoms with E-state index in [1.165, 1.54) is 11.1 Å². The molecule has 0 fully saturated rings. The van der Waals surface area contributed by atoms with E-state index in [0.29, 0.717) is 5.92 Å². The van der Waals surface area contributed by atoms with E-state index in [2.05, 4.69) is 39.8 Å². The van der Waals surface area contributed by atoms with E-state index in [-0.39, 0.29) is 0 Å². The summed E-state index contributed by atoms with van der Waals surface area (Å²) in [4.78, 5) is 9.53. The van der Waals surface area contributed by atoms with Gasteiger partial charge in [-0.15, -0.1) is 0 Å². The van der Waals surface area contributed by atoms with Crippen molar-refractivity contribution in [3.05, 3.63) is 83.3 Å². The van der Waals surface area contributed by atoms with Crippen LogP contribution in [0.1, 0.15) is 29.5 Å². The molecule has 0 radical (unpaired) electrons. The molecule has 0 amide bonds. The van der Waals surface area contributed by atoms with Crippen molar-refractivity contribution in [3.8, 4) is 0 Å². The monoisotopic (exact) mass is 425 g/mol. The lowest BCUT2D eigenvalue weighted by Crippen LogP contribution is -2.21. The van der Waals surface area contributed by atoms with Gasteiger partial charge in [0.05, 0.1) is 11.7 Å². The number of fused-ring (bicyclic) bond motifs is 2. The van der Waals surface area contributed by atoms with Gasteiger partial charge >= 0.3 is 0 Å². The average molecular weight is 426 g/mol. The number of nitrogens with one attached hydrogen (secondary N) is 2. The smallest absolute Gasteiger partial charge is 0.156 e. The Kier molecular flexibility index (Phi) is 5.46. The molecular formula is C25H27N7. The largest absolute Gasteiger partial charge is 0.405 e. The molecule has 1 aromatic heterocycles. The molecule has 2 aromatic carbocycles. The van der Waals surface area contributed by atoms with E-state index in [9.17, 15) is 0 Å². The first-order valence-electron chi connectivity index (χ1n) is 11.0. The van der Waals surface area contributed by atoms with E-state index in [0.717, 1.165) is 71.6 Å². The van der Waals surface area contributed by atoms with Crippen molar-refractivity contribution in [3.63, 3.8) is 0 Å². The number of benzene rings is 2. The van der Waals surface area contributed by atoms with Crippen LogP contribution in [0.3, 0.4) is 0 Å². The number of anilines is 1. The van der Waals surface area contributed by atoms with Crippen LogP contribution in [0.4, 0.5) is 5.69 Å². The molecule has 7 nitrogen and oxygen atoms in total. The van der Waals surface area contributed by atoms with Crippen LogP contribution in [-0.4, -0.2) is 28.4 Å². The highest BCUT2D eigenvalue weighted by Crippen LogP contribution is 2.31. The second kappa shape index (κ2) is 8.70. The van der Waals surface area contributed by atoms with E-state index < -0.39 is 0 Å². The fraction of sp³-hybridized carbons (Fsp3) is 0.240. The van der Waals surface area contributed by atoms with Crippen LogP contribution in [-0.2, 0) is 12.8 Å². The molecule has 162 valence electrons. The van der Waals surface area contributed by atoms with Crippen LogP contribution in [0.5, 0.6) is 0 Å². The minimum absolute atomic E-state index is 0.384. The Labute approximate surface area is 187 Å². The van der Waals surface area contributed by atoms with Crippen molar-refractivity contribution < 1.29 is 0 Å². The van der Waals surface area contributed by atoms with Gasteiger partial charge in [0.15, 0.2) is 5.84 Å². The van der Waals surface area contributed by atoms with E-state index in [1.54, 1.807) is 12.4 Å². The van der Waals surface area contributed by atoms with Gasteiger partial charge in [-0.2, -0.15) is 5.10 Å². The van der Waals surface area contributed by atoms with Gasteiger partial charge in [0.2, 0.25) is 0 Å². The average Bonchev–Trinajstić information content (AvgIpc) is 3.30. The maximum atomic E-state index is 5.84. The molecule has 1 aliphatic heterocycles. The van der Waals surface area contributed by atoms with Crippen LogP contribution in [0, 0.1) is 5.92 Å². The van der Waals surface area contributed by atoms with Gasteiger partial charge in [0, 0.05) is 29.6 Å². The van der Waals surface area contributed by atoms with Gasteiger partial charge in [-0.25, -0.2) is 4.99 Å². The van der Waals surface area contributed by atoms with Gasteiger partial charge in [0.1, 0.15) is 5.84 Å². The van der Waals surface area contributed by atoms with Gasteiger partial charge < -0.3 is 16.8 Å². The third-order valence-corrected chi connectivity index (χ3v) is 6.23. The van der Waals surface area contributed by atoms with Crippen molar-refractivity contribution in [2.24, 2.45) is 27.4 Å². The Morgan fingerprint density at radius 1 is 1.09 bits per heavy atom. The van der Waals surface area contributed by atoms with Crippen molar-refractivity contribution >= 4 is 28.3 Å². The van der Waals surface area contributed by atoms with Gasteiger partial charge in [-0.1, -0.05) is 12.1 Å². The number of aliphatic imine (C=N–C) groups is 2. The predicted molar refractivity (Wildman–Crippen MR) is 131 cm³/mol. The number of aryl methyl sites for hydroxylation is 1. The third kappa shape index (κ3) is 4.01. The van der Waals surface area contributed by atoms with Crippen molar-refractivity contribution in [2.75, 3.05) is 11.9 Å². The first-order chi connectivity index (χ1) is 15.7. The molecule has 7 heteroatoms. The highest BCUT2D eigenvalue weighted by atomic mass is 15.1. The van der Waals surface area contributed by atoms with Crippen molar-refractivity contribution in [1.82, 2.24) is 10.2 Å².